The standard InChI is InChI=1S/C36H38ClFN2O5S/c1-36(2,3)19-18-24-4-8-27(9-5-24)32(22-25-6-10-28(11-7-25)34(41)39-20-21-46(43,44)45)35(42)40-30-15-12-26(13-16-30)31-17-14-29(38)23-33(31)37/h4-17,23,32H,18-22H2,1-3H3,(H,39,41)(H,40,42)(H,43,44,45). The summed E-state index contributed by atoms with van der Waals surface area (Å²) in [6.07, 6.45) is 2.32. The second-order valence-corrected chi connectivity index (χ2v) is 14.5. The third kappa shape index (κ3) is 10.5. The van der Waals surface area contributed by atoms with Crippen LogP contribution in [0.4, 0.5) is 10.1 Å². The van der Waals surface area contributed by atoms with E-state index in [9.17, 15) is 22.4 Å². The molecule has 0 aliphatic rings. The fraction of sp³-hybridized carbons (Fsp3) is 0.278. The van der Waals surface area contributed by atoms with E-state index >= 15 is 0 Å². The van der Waals surface area contributed by atoms with E-state index < -0.39 is 33.5 Å². The van der Waals surface area contributed by atoms with Crippen molar-refractivity contribution in [3.63, 3.8) is 0 Å². The summed E-state index contributed by atoms with van der Waals surface area (Å²) in [7, 11) is -4.18. The van der Waals surface area contributed by atoms with Gasteiger partial charge in [-0.25, -0.2) is 4.39 Å². The SMILES string of the molecule is CC(C)(C)CCc1ccc(C(Cc2ccc(C(=O)NCCS(=O)(=O)O)cc2)C(=O)Nc2ccc(-c3ccc(F)cc3Cl)cc2)cc1. The Morgan fingerprint density at radius 1 is 0.891 bits per heavy atom. The number of amides is 2. The van der Waals surface area contributed by atoms with Crippen LogP contribution in [0.2, 0.25) is 5.02 Å². The molecular formula is C36H38ClFN2O5S. The molecule has 0 aliphatic heterocycles. The number of carbonyl (C=O) groups excluding carboxylic acids is 2. The fourth-order valence-corrected chi connectivity index (χ4v) is 5.54. The number of hydrogen-bond acceptors (Lipinski definition) is 4. The Bertz CT molecular complexity index is 1770. The van der Waals surface area contributed by atoms with Gasteiger partial charge >= 0.3 is 0 Å². The number of benzene rings is 4. The predicted molar refractivity (Wildman–Crippen MR) is 181 cm³/mol. The van der Waals surface area contributed by atoms with E-state index in [1.807, 2.05) is 24.3 Å². The summed E-state index contributed by atoms with van der Waals surface area (Å²) in [4.78, 5) is 26.2. The number of nitrogens with one attached hydrogen (secondary N) is 2. The maximum atomic E-state index is 13.8. The van der Waals surface area contributed by atoms with E-state index in [1.54, 1.807) is 42.5 Å². The molecule has 242 valence electrons. The highest BCUT2D eigenvalue weighted by Gasteiger charge is 2.22. The number of hydrogen-bond donors (Lipinski definition) is 3. The molecule has 0 spiro atoms. The molecule has 4 aromatic carbocycles. The lowest BCUT2D eigenvalue weighted by Gasteiger charge is -2.20. The number of halogens is 2. The molecule has 0 saturated carbocycles. The molecule has 0 bridgehead atoms. The van der Waals surface area contributed by atoms with Gasteiger partial charge in [0.25, 0.3) is 16.0 Å². The van der Waals surface area contributed by atoms with Crippen molar-refractivity contribution in [1.82, 2.24) is 5.32 Å². The van der Waals surface area contributed by atoms with E-state index in [0.717, 1.165) is 29.5 Å². The van der Waals surface area contributed by atoms with Crippen molar-refractivity contribution in [1.29, 1.82) is 0 Å². The first kappa shape index (κ1) is 34.8. The number of carbonyl (C=O) groups is 2. The maximum Gasteiger partial charge on any atom is 0.266 e. The lowest BCUT2D eigenvalue weighted by atomic mass is 9.87. The molecule has 10 heteroatoms. The number of aryl methyl sites for hydroxylation is 1. The molecule has 1 atom stereocenters. The third-order valence-corrected chi connectivity index (χ3v) is 8.59. The summed E-state index contributed by atoms with van der Waals surface area (Å²) in [5, 5.41) is 5.78. The first-order chi connectivity index (χ1) is 21.7. The van der Waals surface area contributed by atoms with Crippen LogP contribution >= 0.6 is 11.6 Å². The fourth-order valence-electron chi connectivity index (χ4n) is 4.91. The van der Waals surface area contributed by atoms with E-state index in [4.69, 9.17) is 16.2 Å². The quantitative estimate of drug-likeness (QED) is 0.134. The molecule has 0 fully saturated rings. The highest BCUT2D eigenvalue weighted by atomic mass is 35.5. The topological polar surface area (TPSA) is 113 Å². The Labute approximate surface area is 275 Å². The Hall–Kier alpha value is -4.05. The van der Waals surface area contributed by atoms with E-state index in [2.05, 4.69) is 43.5 Å². The van der Waals surface area contributed by atoms with Crippen LogP contribution < -0.4 is 10.6 Å². The molecule has 4 rings (SSSR count). The highest BCUT2D eigenvalue weighted by molar-refractivity contribution is 7.85. The smallest absolute Gasteiger partial charge is 0.266 e. The van der Waals surface area contributed by atoms with Crippen LogP contribution in [0.5, 0.6) is 0 Å². The lowest BCUT2D eigenvalue weighted by Crippen LogP contribution is -2.28. The van der Waals surface area contributed by atoms with Gasteiger partial charge in [-0.05, 0) is 89.4 Å². The van der Waals surface area contributed by atoms with Gasteiger partial charge in [-0.15, -0.1) is 0 Å². The summed E-state index contributed by atoms with van der Waals surface area (Å²) in [6.45, 7) is 6.40. The van der Waals surface area contributed by atoms with Crippen LogP contribution in [-0.2, 0) is 27.8 Å². The van der Waals surface area contributed by atoms with Gasteiger partial charge < -0.3 is 10.6 Å². The van der Waals surface area contributed by atoms with Gasteiger partial charge in [0.2, 0.25) is 5.91 Å². The zero-order valence-corrected chi connectivity index (χ0v) is 27.6. The van der Waals surface area contributed by atoms with Crippen LogP contribution in [0.15, 0.2) is 91.0 Å². The Kier molecular flexibility index (Phi) is 11.4. The second kappa shape index (κ2) is 15.0. The van der Waals surface area contributed by atoms with E-state index in [1.165, 1.54) is 17.7 Å². The van der Waals surface area contributed by atoms with Gasteiger partial charge in [0, 0.05) is 23.4 Å². The van der Waals surface area contributed by atoms with Crippen molar-refractivity contribution in [2.45, 2.75) is 46.0 Å². The van der Waals surface area contributed by atoms with Crippen LogP contribution in [-0.4, -0.2) is 37.1 Å². The Balaban J connectivity index is 1.52. The summed E-state index contributed by atoms with van der Waals surface area (Å²) >= 11 is 6.23. The average molecular weight is 665 g/mol. The van der Waals surface area contributed by atoms with Gasteiger partial charge in [0.1, 0.15) is 5.82 Å². The number of anilines is 1. The van der Waals surface area contributed by atoms with Crippen molar-refractivity contribution in [3.8, 4) is 11.1 Å². The van der Waals surface area contributed by atoms with Crippen molar-refractivity contribution >= 4 is 39.2 Å². The van der Waals surface area contributed by atoms with Gasteiger partial charge in [-0.1, -0.05) is 80.9 Å². The molecule has 0 heterocycles. The minimum absolute atomic E-state index is 0.206. The molecule has 0 aromatic heterocycles. The van der Waals surface area contributed by atoms with Crippen molar-refractivity contribution in [3.05, 3.63) is 124 Å². The molecule has 7 nitrogen and oxygen atoms in total. The van der Waals surface area contributed by atoms with Crippen LogP contribution in [0.25, 0.3) is 11.1 Å². The first-order valence-electron chi connectivity index (χ1n) is 14.9. The van der Waals surface area contributed by atoms with E-state index in [0.29, 0.717) is 28.3 Å². The summed E-state index contributed by atoms with van der Waals surface area (Å²) in [6, 6.07) is 26.2. The molecule has 3 N–H and O–H groups in total. The molecule has 0 aliphatic carbocycles. The van der Waals surface area contributed by atoms with Gasteiger partial charge in [0.05, 0.1) is 16.7 Å². The van der Waals surface area contributed by atoms with Gasteiger partial charge in [-0.2, -0.15) is 8.42 Å². The summed E-state index contributed by atoms with van der Waals surface area (Å²) in [5.74, 6) is -2.22. The van der Waals surface area contributed by atoms with E-state index in [-0.39, 0.29) is 17.9 Å². The average Bonchev–Trinajstić information content (AvgIpc) is 2.99. The van der Waals surface area contributed by atoms with Crippen molar-refractivity contribution in [2.24, 2.45) is 5.41 Å². The molecule has 0 saturated heterocycles. The predicted octanol–water partition coefficient (Wildman–Crippen LogP) is 7.71. The Morgan fingerprint density at radius 2 is 1.52 bits per heavy atom. The van der Waals surface area contributed by atoms with Gasteiger partial charge in [0.15, 0.2) is 0 Å². The zero-order chi connectivity index (χ0) is 33.5. The minimum atomic E-state index is -4.18. The maximum absolute atomic E-state index is 13.8. The van der Waals surface area contributed by atoms with Crippen molar-refractivity contribution in [2.75, 3.05) is 17.6 Å². The normalized spacial score (nSPS) is 12.4. The summed E-state index contributed by atoms with van der Waals surface area (Å²) < 4.78 is 44.2. The monoisotopic (exact) mass is 664 g/mol. The van der Waals surface area contributed by atoms with Crippen LogP contribution in [0.1, 0.15) is 60.2 Å². The third-order valence-electron chi connectivity index (χ3n) is 7.56. The molecule has 1 unspecified atom stereocenters. The van der Waals surface area contributed by atoms with Crippen LogP contribution in [0, 0.1) is 11.2 Å². The molecule has 4 aromatic rings. The zero-order valence-electron chi connectivity index (χ0n) is 26.0. The molecule has 46 heavy (non-hydrogen) atoms. The second-order valence-electron chi connectivity index (χ2n) is 12.5. The minimum Gasteiger partial charge on any atom is -0.351 e. The number of rotatable bonds is 12. The largest absolute Gasteiger partial charge is 0.351 e. The van der Waals surface area contributed by atoms with Crippen LogP contribution in [0.3, 0.4) is 0 Å². The molecule has 2 amide bonds. The molecule has 0 radical (unpaired) electrons. The Morgan fingerprint density at radius 3 is 2.11 bits per heavy atom. The highest BCUT2D eigenvalue weighted by Crippen LogP contribution is 2.30. The molecular weight excluding hydrogens is 627 g/mol. The lowest BCUT2D eigenvalue weighted by molar-refractivity contribution is -0.117. The van der Waals surface area contributed by atoms with Crippen molar-refractivity contribution < 1.29 is 27.0 Å². The summed E-state index contributed by atoms with van der Waals surface area (Å²) in [5.41, 5.74) is 5.45. The van der Waals surface area contributed by atoms with Gasteiger partial charge in [-0.3, -0.25) is 14.1 Å². The first-order valence-corrected chi connectivity index (χ1v) is 16.9.